The van der Waals surface area contributed by atoms with Crippen LogP contribution in [0.4, 0.5) is 0 Å². The fraction of sp³-hybridized carbons (Fsp3) is 0.778. The summed E-state index contributed by atoms with van der Waals surface area (Å²) in [6.07, 6.45) is 0.859. The molecule has 0 spiro atoms. The van der Waals surface area contributed by atoms with Crippen molar-refractivity contribution in [2.75, 3.05) is 0 Å². The van der Waals surface area contributed by atoms with Crippen LogP contribution >= 0.6 is 0 Å². The van der Waals surface area contributed by atoms with Crippen LogP contribution in [0, 0.1) is 5.92 Å². The number of nitrogens with one attached hydrogen (secondary N) is 1. The standard InChI is InChI=1S/C9H16N2O3/c1-9(2)4-5(7(12)11-9)3-6(10)8(13)14/h5-6H,3-4,10H2,1-2H3,(H,11,12)(H,13,14)/t5-,6+/m1/s1. The van der Waals surface area contributed by atoms with E-state index in [9.17, 15) is 9.59 Å². The maximum atomic E-state index is 11.4. The van der Waals surface area contributed by atoms with Crippen LogP contribution in [0.1, 0.15) is 26.7 Å². The van der Waals surface area contributed by atoms with Gasteiger partial charge in [0.05, 0.1) is 0 Å². The number of hydrogen-bond acceptors (Lipinski definition) is 3. The Labute approximate surface area is 82.7 Å². The largest absolute Gasteiger partial charge is 0.480 e. The van der Waals surface area contributed by atoms with Gasteiger partial charge < -0.3 is 16.2 Å². The number of amides is 1. The first-order chi connectivity index (χ1) is 6.32. The molecule has 5 heteroatoms. The second-order valence-electron chi connectivity index (χ2n) is 4.45. The van der Waals surface area contributed by atoms with E-state index in [1.54, 1.807) is 0 Å². The first-order valence-corrected chi connectivity index (χ1v) is 4.62. The van der Waals surface area contributed by atoms with E-state index < -0.39 is 12.0 Å². The second kappa shape index (κ2) is 3.57. The van der Waals surface area contributed by atoms with Gasteiger partial charge in [0.1, 0.15) is 6.04 Å². The molecule has 0 saturated carbocycles. The Morgan fingerprint density at radius 3 is 2.71 bits per heavy atom. The number of nitrogens with two attached hydrogens (primary N) is 1. The average Bonchev–Trinajstić information content (AvgIpc) is 2.24. The maximum Gasteiger partial charge on any atom is 0.320 e. The molecule has 1 heterocycles. The number of carboxylic acids is 1. The molecule has 1 aliphatic rings. The predicted molar refractivity (Wildman–Crippen MR) is 50.6 cm³/mol. The van der Waals surface area contributed by atoms with Crippen LogP contribution < -0.4 is 11.1 Å². The molecule has 1 amide bonds. The lowest BCUT2D eigenvalue weighted by atomic mass is 9.92. The summed E-state index contributed by atoms with van der Waals surface area (Å²) in [6, 6.07) is -0.945. The summed E-state index contributed by atoms with van der Waals surface area (Å²) in [7, 11) is 0. The lowest BCUT2D eigenvalue weighted by molar-refractivity contribution is -0.139. The summed E-state index contributed by atoms with van der Waals surface area (Å²) in [6.45, 7) is 3.83. The van der Waals surface area contributed by atoms with E-state index in [4.69, 9.17) is 10.8 Å². The van der Waals surface area contributed by atoms with Gasteiger partial charge in [0.2, 0.25) is 5.91 Å². The molecule has 1 fully saturated rings. The molecule has 0 aromatic rings. The van der Waals surface area contributed by atoms with Gasteiger partial charge in [0.25, 0.3) is 0 Å². The molecule has 2 atom stereocenters. The van der Waals surface area contributed by atoms with Crippen LogP contribution in [0.15, 0.2) is 0 Å². The Morgan fingerprint density at radius 1 is 1.79 bits per heavy atom. The van der Waals surface area contributed by atoms with Crippen LogP contribution in [0.2, 0.25) is 0 Å². The van der Waals surface area contributed by atoms with Gasteiger partial charge in [-0.25, -0.2) is 0 Å². The predicted octanol–water partition coefficient (Wildman–Crippen LogP) is -0.297. The second-order valence-corrected chi connectivity index (χ2v) is 4.45. The molecule has 0 bridgehead atoms. The van der Waals surface area contributed by atoms with Gasteiger partial charge in [-0.1, -0.05) is 0 Å². The van der Waals surface area contributed by atoms with Gasteiger partial charge in [-0.3, -0.25) is 9.59 Å². The van der Waals surface area contributed by atoms with Crippen LogP contribution in [0.5, 0.6) is 0 Å². The molecule has 14 heavy (non-hydrogen) atoms. The Morgan fingerprint density at radius 2 is 2.36 bits per heavy atom. The topological polar surface area (TPSA) is 92.4 Å². The molecule has 1 rings (SSSR count). The average molecular weight is 200 g/mol. The number of carbonyl (C=O) groups excluding carboxylic acids is 1. The molecule has 0 radical (unpaired) electrons. The van der Waals surface area contributed by atoms with Crippen LogP contribution in [-0.2, 0) is 9.59 Å². The van der Waals surface area contributed by atoms with Crippen LogP contribution in [0.25, 0.3) is 0 Å². The highest BCUT2D eigenvalue weighted by Crippen LogP contribution is 2.27. The zero-order chi connectivity index (χ0) is 10.9. The quantitative estimate of drug-likeness (QED) is 0.583. The van der Waals surface area contributed by atoms with Crippen molar-refractivity contribution in [3.05, 3.63) is 0 Å². The smallest absolute Gasteiger partial charge is 0.320 e. The van der Waals surface area contributed by atoms with Crippen LogP contribution in [-0.4, -0.2) is 28.6 Å². The van der Waals surface area contributed by atoms with Crippen molar-refractivity contribution < 1.29 is 14.7 Å². The van der Waals surface area contributed by atoms with Crippen molar-refractivity contribution in [3.63, 3.8) is 0 Å². The third kappa shape index (κ3) is 2.45. The van der Waals surface area contributed by atoms with Crippen molar-refractivity contribution in [3.8, 4) is 0 Å². The Balaban J connectivity index is 2.55. The van der Waals surface area contributed by atoms with Gasteiger partial charge in [0.15, 0.2) is 0 Å². The highest BCUT2D eigenvalue weighted by atomic mass is 16.4. The number of rotatable bonds is 3. The molecule has 1 aliphatic heterocycles. The third-order valence-corrected chi connectivity index (χ3v) is 2.44. The summed E-state index contributed by atoms with van der Waals surface area (Å²) >= 11 is 0. The minimum absolute atomic E-state index is 0.0910. The van der Waals surface area contributed by atoms with E-state index in [1.165, 1.54) is 0 Å². The lowest BCUT2D eigenvalue weighted by Crippen LogP contribution is -2.36. The first kappa shape index (κ1) is 11.0. The molecule has 4 N–H and O–H groups in total. The molecule has 0 unspecified atom stereocenters. The van der Waals surface area contributed by atoms with E-state index in [1.807, 2.05) is 13.8 Å². The van der Waals surface area contributed by atoms with Crippen molar-refractivity contribution in [2.45, 2.75) is 38.3 Å². The number of carbonyl (C=O) groups is 2. The molecular weight excluding hydrogens is 184 g/mol. The highest BCUT2D eigenvalue weighted by Gasteiger charge is 2.38. The first-order valence-electron chi connectivity index (χ1n) is 4.62. The summed E-state index contributed by atoms with van der Waals surface area (Å²) in [5, 5.41) is 11.4. The van der Waals surface area contributed by atoms with Crippen LogP contribution in [0.3, 0.4) is 0 Å². The molecule has 0 aliphatic carbocycles. The van der Waals surface area contributed by atoms with Gasteiger partial charge in [-0.05, 0) is 26.7 Å². The summed E-state index contributed by atoms with van der Waals surface area (Å²) < 4.78 is 0. The Bertz CT molecular complexity index is 263. The summed E-state index contributed by atoms with van der Waals surface area (Å²) in [5.74, 6) is -1.41. The SMILES string of the molecule is CC1(C)C[C@@H](C[C@H](N)C(=O)O)C(=O)N1. The number of aliphatic carboxylic acids is 1. The van der Waals surface area contributed by atoms with Crippen molar-refractivity contribution in [2.24, 2.45) is 11.7 Å². The molecule has 1 saturated heterocycles. The molecule has 0 aromatic heterocycles. The van der Waals surface area contributed by atoms with E-state index in [0.717, 1.165) is 0 Å². The third-order valence-electron chi connectivity index (χ3n) is 2.44. The van der Waals surface area contributed by atoms with Gasteiger partial charge in [-0.15, -0.1) is 0 Å². The highest BCUT2D eigenvalue weighted by molar-refractivity contribution is 5.83. The van der Waals surface area contributed by atoms with Crippen molar-refractivity contribution in [1.29, 1.82) is 0 Å². The zero-order valence-corrected chi connectivity index (χ0v) is 8.41. The van der Waals surface area contributed by atoms with Gasteiger partial charge >= 0.3 is 5.97 Å². The summed E-state index contributed by atoms with van der Waals surface area (Å²) in [5.41, 5.74) is 5.13. The number of hydrogen-bond donors (Lipinski definition) is 3. The summed E-state index contributed by atoms with van der Waals surface area (Å²) in [4.78, 5) is 21.9. The van der Waals surface area contributed by atoms with Crippen molar-refractivity contribution >= 4 is 11.9 Å². The van der Waals surface area contributed by atoms with E-state index in [2.05, 4.69) is 5.32 Å². The van der Waals surface area contributed by atoms with E-state index >= 15 is 0 Å². The number of carboxylic acid groups (broad SMARTS) is 1. The van der Waals surface area contributed by atoms with E-state index in [0.29, 0.717) is 6.42 Å². The molecule has 5 nitrogen and oxygen atoms in total. The fourth-order valence-electron chi connectivity index (χ4n) is 1.79. The zero-order valence-electron chi connectivity index (χ0n) is 8.41. The normalized spacial score (nSPS) is 27.1. The van der Waals surface area contributed by atoms with E-state index in [-0.39, 0.29) is 23.8 Å². The van der Waals surface area contributed by atoms with Gasteiger partial charge in [0, 0.05) is 11.5 Å². The maximum absolute atomic E-state index is 11.4. The lowest BCUT2D eigenvalue weighted by Gasteiger charge is -2.16. The monoisotopic (exact) mass is 200 g/mol. The Kier molecular flexibility index (Phi) is 2.80. The molecule has 80 valence electrons. The molecular formula is C9H16N2O3. The fourth-order valence-corrected chi connectivity index (χ4v) is 1.79. The minimum atomic E-state index is -1.05. The Hall–Kier alpha value is -1.10. The van der Waals surface area contributed by atoms with Gasteiger partial charge in [-0.2, -0.15) is 0 Å². The molecule has 0 aromatic carbocycles. The minimum Gasteiger partial charge on any atom is -0.480 e. The van der Waals surface area contributed by atoms with Crippen molar-refractivity contribution in [1.82, 2.24) is 5.32 Å².